The van der Waals surface area contributed by atoms with Crippen molar-refractivity contribution in [2.75, 3.05) is 13.2 Å². The van der Waals surface area contributed by atoms with Crippen molar-refractivity contribution < 1.29 is 32.6 Å². The molecule has 1 heterocycles. The normalized spacial score (nSPS) is 11.6. The molecule has 0 amide bonds. The second kappa shape index (κ2) is 11.2. The van der Waals surface area contributed by atoms with Crippen molar-refractivity contribution in [2.24, 2.45) is 0 Å². The Hall–Kier alpha value is -3.30. The minimum Gasteiger partial charge on any atom is -0.478 e. The predicted molar refractivity (Wildman–Crippen MR) is 123 cm³/mol. The molecule has 0 aliphatic rings. The number of hydrogen-bond donors (Lipinski definition) is 1. The van der Waals surface area contributed by atoms with E-state index in [1.807, 2.05) is 6.92 Å². The lowest BCUT2D eigenvalue weighted by molar-refractivity contribution is -0.132. The molecular weight excluding hydrogens is 467 g/mol. The maximum atomic E-state index is 15.0. The molecule has 5 nitrogen and oxygen atoms in total. The van der Waals surface area contributed by atoms with Crippen molar-refractivity contribution >= 4 is 29.2 Å². The van der Waals surface area contributed by atoms with Crippen LogP contribution in [0.2, 0.25) is 0 Å². The lowest BCUT2D eigenvalue weighted by Crippen LogP contribution is -2.05. The van der Waals surface area contributed by atoms with E-state index in [1.54, 1.807) is 18.2 Å². The summed E-state index contributed by atoms with van der Waals surface area (Å²) >= 11 is 0.935. The van der Waals surface area contributed by atoms with Crippen LogP contribution in [0.3, 0.4) is 0 Å². The quantitative estimate of drug-likeness (QED) is 0.218. The second-order valence-corrected chi connectivity index (χ2v) is 8.29. The highest BCUT2D eigenvalue weighted by atomic mass is 32.1. The van der Waals surface area contributed by atoms with Crippen LogP contribution in [0.1, 0.15) is 46.8 Å². The van der Waals surface area contributed by atoms with Gasteiger partial charge in [-0.15, -0.1) is 11.3 Å². The number of aliphatic carboxylic acids is 1. The van der Waals surface area contributed by atoms with Gasteiger partial charge in [-0.05, 0) is 56.5 Å². The van der Waals surface area contributed by atoms with Crippen molar-refractivity contribution in [1.29, 1.82) is 0 Å². The molecule has 9 heteroatoms. The SMILES string of the molecule is CCOCCCc1cccc(-c2csc(C(=O)c3cc(F)c(/C=C(\C)C(=O)O)c(F)c3)n2)c1F. The van der Waals surface area contributed by atoms with E-state index in [0.717, 1.165) is 29.5 Å². The molecule has 0 spiro atoms. The Morgan fingerprint density at radius 1 is 1.18 bits per heavy atom. The number of aromatic nitrogens is 1. The van der Waals surface area contributed by atoms with Crippen LogP contribution in [0.4, 0.5) is 13.2 Å². The van der Waals surface area contributed by atoms with Crippen LogP contribution >= 0.6 is 11.3 Å². The first kappa shape index (κ1) is 25.3. The Morgan fingerprint density at radius 2 is 1.88 bits per heavy atom. The van der Waals surface area contributed by atoms with Gasteiger partial charge in [-0.2, -0.15) is 0 Å². The highest BCUT2D eigenvalue weighted by molar-refractivity contribution is 7.12. The molecule has 3 rings (SSSR count). The third-order valence-electron chi connectivity index (χ3n) is 5.03. The first-order valence-corrected chi connectivity index (χ1v) is 11.4. The van der Waals surface area contributed by atoms with Crippen LogP contribution in [-0.2, 0) is 16.0 Å². The molecule has 178 valence electrons. The molecule has 0 fully saturated rings. The van der Waals surface area contributed by atoms with Gasteiger partial charge >= 0.3 is 5.97 Å². The Balaban J connectivity index is 1.85. The molecule has 34 heavy (non-hydrogen) atoms. The number of carboxylic acid groups (broad SMARTS) is 1. The van der Waals surface area contributed by atoms with Crippen LogP contribution < -0.4 is 0 Å². The third kappa shape index (κ3) is 5.78. The molecule has 0 unspecified atom stereocenters. The molecule has 0 radical (unpaired) electrons. The van der Waals surface area contributed by atoms with Gasteiger partial charge < -0.3 is 9.84 Å². The highest BCUT2D eigenvalue weighted by Gasteiger charge is 2.20. The molecule has 0 aliphatic carbocycles. The van der Waals surface area contributed by atoms with E-state index in [0.29, 0.717) is 31.6 Å². The van der Waals surface area contributed by atoms with Gasteiger partial charge in [-0.3, -0.25) is 4.79 Å². The largest absolute Gasteiger partial charge is 0.478 e. The molecule has 0 saturated carbocycles. The van der Waals surface area contributed by atoms with Crippen molar-refractivity contribution in [3.8, 4) is 11.3 Å². The van der Waals surface area contributed by atoms with Gasteiger partial charge in [0, 0.05) is 40.9 Å². The van der Waals surface area contributed by atoms with Crippen molar-refractivity contribution in [3.63, 3.8) is 0 Å². The standard InChI is InChI=1S/C25H22F3NO4S/c1-3-33-9-5-7-15-6-4-8-17(22(15)28)21-13-34-24(29-21)23(30)16-11-19(26)18(20(27)12-16)10-14(2)25(31)32/h4,6,8,10-13H,3,5,7,9H2,1-2H3,(H,31,32)/b14-10+. The van der Waals surface area contributed by atoms with Gasteiger partial charge in [-0.1, -0.05) is 12.1 Å². The van der Waals surface area contributed by atoms with Gasteiger partial charge in [0.15, 0.2) is 5.01 Å². The Labute approximate surface area is 198 Å². The maximum Gasteiger partial charge on any atom is 0.331 e. The number of ketones is 1. The smallest absolute Gasteiger partial charge is 0.331 e. The van der Waals surface area contributed by atoms with Crippen molar-refractivity contribution in [3.05, 3.63) is 80.4 Å². The monoisotopic (exact) mass is 489 g/mol. The number of halogens is 3. The minimum absolute atomic E-state index is 0.0556. The number of carboxylic acids is 1. The molecule has 2 aromatic carbocycles. The van der Waals surface area contributed by atoms with Gasteiger partial charge in [0.2, 0.25) is 5.78 Å². The zero-order chi connectivity index (χ0) is 24.8. The number of thiazole rings is 1. The van der Waals surface area contributed by atoms with Crippen molar-refractivity contribution in [2.45, 2.75) is 26.7 Å². The van der Waals surface area contributed by atoms with E-state index >= 15 is 4.39 Å². The molecule has 0 bridgehead atoms. The maximum absolute atomic E-state index is 15.0. The van der Waals surface area contributed by atoms with E-state index in [9.17, 15) is 18.4 Å². The average Bonchev–Trinajstić information content (AvgIpc) is 3.29. The van der Waals surface area contributed by atoms with Crippen LogP contribution in [0.25, 0.3) is 17.3 Å². The number of rotatable bonds is 10. The summed E-state index contributed by atoms with van der Waals surface area (Å²) in [4.78, 5) is 27.9. The number of ether oxygens (including phenoxy) is 1. The van der Waals surface area contributed by atoms with Gasteiger partial charge in [0.25, 0.3) is 0 Å². The van der Waals surface area contributed by atoms with E-state index in [-0.39, 0.29) is 27.4 Å². The topological polar surface area (TPSA) is 76.5 Å². The average molecular weight is 490 g/mol. The van der Waals surface area contributed by atoms with Crippen LogP contribution in [0.15, 0.2) is 41.3 Å². The molecule has 1 aromatic heterocycles. The summed E-state index contributed by atoms with van der Waals surface area (Å²) < 4.78 is 49.1. The van der Waals surface area contributed by atoms with E-state index in [2.05, 4.69) is 4.98 Å². The number of aryl methyl sites for hydroxylation is 1. The fourth-order valence-corrected chi connectivity index (χ4v) is 4.02. The molecule has 3 aromatic rings. The minimum atomic E-state index is -1.32. The second-order valence-electron chi connectivity index (χ2n) is 7.43. The molecule has 1 N–H and O–H groups in total. The number of carbonyl (C=O) groups excluding carboxylic acids is 1. The van der Waals surface area contributed by atoms with E-state index in [1.165, 1.54) is 12.3 Å². The summed E-state index contributed by atoms with van der Waals surface area (Å²) in [6.45, 7) is 4.20. The lowest BCUT2D eigenvalue weighted by atomic mass is 10.0. The van der Waals surface area contributed by atoms with Gasteiger partial charge in [0.05, 0.1) is 5.69 Å². The Kier molecular flexibility index (Phi) is 8.36. The molecule has 0 atom stereocenters. The van der Waals surface area contributed by atoms with Gasteiger partial charge in [-0.25, -0.2) is 22.9 Å². The lowest BCUT2D eigenvalue weighted by Gasteiger charge is -2.07. The summed E-state index contributed by atoms with van der Waals surface area (Å²) in [7, 11) is 0. The summed E-state index contributed by atoms with van der Waals surface area (Å²) in [5.41, 5.74) is -0.127. The summed E-state index contributed by atoms with van der Waals surface area (Å²) in [6.07, 6.45) is 1.99. The van der Waals surface area contributed by atoms with Crippen LogP contribution in [0, 0.1) is 17.5 Å². The number of nitrogens with zero attached hydrogens (tertiary/aromatic N) is 1. The fraction of sp³-hybridized carbons (Fsp3) is 0.240. The summed E-state index contributed by atoms with van der Waals surface area (Å²) in [5.74, 6) is -4.64. The first-order valence-electron chi connectivity index (χ1n) is 10.5. The fourth-order valence-electron chi connectivity index (χ4n) is 3.24. The highest BCUT2D eigenvalue weighted by Crippen LogP contribution is 2.29. The zero-order valence-corrected chi connectivity index (χ0v) is 19.3. The summed E-state index contributed by atoms with van der Waals surface area (Å²) in [6, 6.07) is 6.58. The molecule has 0 aliphatic heterocycles. The van der Waals surface area contributed by atoms with Crippen LogP contribution in [0.5, 0.6) is 0 Å². The van der Waals surface area contributed by atoms with E-state index < -0.39 is 34.8 Å². The predicted octanol–water partition coefficient (Wildman–Crippen LogP) is 5.92. The van der Waals surface area contributed by atoms with Crippen molar-refractivity contribution in [1.82, 2.24) is 4.98 Å². The number of hydrogen-bond acceptors (Lipinski definition) is 5. The first-order chi connectivity index (χ1) is 16.2. The zero-order valence-electron chi connectivity index (χ0n) is 18.5. The summed E-state index contributed by atoms with van der Waals surface area (Å²) in [5, 5.41) is 10.4. The van der Waals surface area contributed by atoms with E-state index in [4.69, 9.17) is 9.84 Å². The number of benzene rings is 2. The third-order valence-corrected chi connectivity index (χ3v) is 5.87. The molecule has 0 saturated heterocycles. The Morgan fingerprint density at radius 3 is 2.53 bits per heavy atom. The van der Waals surface area contributed by atoms with Crippen LogP contribution in [-0.4, -0.2) is 35.1 Å². The Bertz CT molecular complexity index is 1230. The molecular formula is C25H22F3NO4S. The number of carbonyl (C=O) groups is 2. The van der Waals surface area contributed by atoms with Gasteiger partial charge in [0.1, 0.15) is 17.5 Å².